The van der Waals surface area contributed by atoms with Crippen LogP contribution in [-0.4, -0.2) is 32.2 Å². The number of carbonyl (C=O) groups excluding carboxylic acids is 2. The molecule has 32 heavy (non-hydrogen) atoms. The average molecular weight is 441 g/mol. The number of ether oxygens (including phenoxy) is 3. The van der Waals surface area contributed by atoms with E-state index in [1.165, 1.54) is 18.1 Å². The van der Waals surface area contributed by atoms with Crippen LogP contribution in [0.3, 0.4) is 0 Å². The first-order valence-electron chi connectivity index (χ1n) is 10.1. The molecule has 1 aliphatic heterocycles. The maximum Gasteiger partial charge on any atom is 0.387 e. The third kappa shape index (κ3) is 3.95. The van der Waals surface area contributed by atoms with Gasteiger partial charge in [0, 0.05) is 16.6 Å². The molecule has 0 unspecified atom stereocenters. The zero-order valence-electron chi connectivity index (χ0n) is 17.6. The molecule has 4 rings (SSSR count). The summed E-state index contributed by atoms with van der Waals surface area (Å²) in [4.78, 5) is 26.6. The van der Waals surface area contributed by atoms with Crippen molar-refractivity contribution in [2.75, 3.05) is 18.6 Å². The van der Waals surface area contributed by atoms with Gasteiger partial charge < -0.3 is 19.1 Å². The fourth-order valence-electron chi connectivity index (χ4n) is 3.95. The molecule has 1 aliphatic rings. The number of esters is 1. The predicted octanol–water partition coefficient (Wildman–Crippen LogP) is 4.72. The highest BCUT2D eigenvalue weighted by Gasteiger charge is 2.35. The lowest BCUT2D eigenvalue weighted by atomic mass is 9.98. The highest BCUT2D eigenvalue weighted by atomic mass is 19.3. The Morgan fingerprint density at radius 3 is 2.53 bits per heavy atom. The molecule has 3 aromatic rings. The van der Waals surface area contributed by atoms with Gasteiger partial charge in [-0.05, 0) is 42.1 Å². The van der Waals surface area contributed by atoms with E-state index >= 15 is 0 Å². The fourth-order valence-corrected chi connectivity index (χ4v) is 3.95. The second-order valence-electron chi connectivity index (χ2n) is 7.20. The van der Waals surface area contributed by atoms with Gasteiger partial charge in [0.1, 0.15) is 11.5 Å². The van der Waals surface area contributed by atoms with Crippen LogP contribution in [0.25, 0.3) is 10.8 Å². The van der Waals surface area contributed by atoms with Crippen LogP contribution in [0.4, 0.5) is 14.5 Å². The number of amides is 1. The fraction of sp³-hybridized carbons (Fsp3) is 0.250. The Hall–Kier alpha value is -3.68. The van der Waals surface area contributed by atoms with Crippen LogP contribution >= 0.6 is 0 Å². The molecule has 8 heteroatoms. The molecule has 0 fully saturated rings. The Balaban J connectivity index is 1.74. The number of carbonyl (C=O) groups is 2. The molecule has 0 radical (unpaired) electrons. The molecule has 1 amide bonds. The van der Waals surface area contributed by atoms with Crippen molar-refractivity contribution in [1.29, 1.82) is 0 Å². The van der Waals surface area contributed by atoms with E-state index in [-0.39, 0.29) is 36.2 Å². The summed E-state index contributed by atoms with van der Waals surface area (Å²) in [7, 11) is 1.49. The van der Waals surface area contributed by atoms with Gasteiger partial charge in [-0.2, -0.15) is 8.78 Å². The van der Waals surface area contributed by atoms with E-state index in [1.54, 1.807) is 49.4 Å². The number of halogens is 2. The molecule has 6 nitrogen and oxygen atoms in total. The lowest BCUT2D eigenvalue weighted by molar-refractivity contribution is -0.142. The Labute approximate surface area is 183 Å². The maximum atomic E-state index is 13.4. The van der Waals surface area contributed by atoms with Crippen molar-refractivity contribution in [3.63, 3.8) is 0 Å². The van der Waals surface area contributed by atoms with Gasteiger partial charge >= 0.3 is 12.6 Å². The van der Waals surface area contributed by atoms with E-state index in [0.717, 1.165) is 5.56 Å². The Morgan fingerprint density at radius 1 is 1.12 bits per heavy atom. The number of fused-ring (bicyclic) bond motifs is 3. The van der Waals surface area contributed by atoms with Gasteiger partial charge in [-0.15, -0.1) is 0 Å². The first kappa shape index (κ1) is 21.5. The van der Waals surface area contributed by atoms with E-state index < -0.39 is 6.61 Å². The molecule has 0 saturated heterocycles. The van der Waals surface area contributed by atoms with Gasteiger partial charge in [-0.3, -0.25) is 9.59 Å². The Bertz CT molecular complexity index is 1180. The van der Waals surface area contributed by atoms with Crippen LogP contribution < -0.4 is 14.4 Å². The average Bonchev–Trinajstić information content (AvgIpc) is 3.11. The van der Waals surface area contributed by atoms with Crippen molar-refractivity contribution >= 4 is 28.3 Å². The van der Waals surface area contributed by atoms with Crippen molar-refractivity contribution in [3.8, 4) is 11.5 Å². The standard InChI is InChI=1S/C24H21F2NO5/c1-3-31-20(28)11-14-7-9-16(10-8-14)27-13-17-19(32-24(25)26)12-15-5-4-6-18(30-2)21(15)22(17)23(27)29/h4-10,12,24H,3,11,13H2,1-2H3. The van der Waals surface area contributed by atoms with E-state index in [9.17, 15) is 18.4 Å². The maximum absolute atomic E-state index is 13.4. The van der Waals surface area contributed by atoms with E-state index in [1.807, 2.05) is 0 Å². The predicted molar refractivity (Wildman–Crippen MR) is 114 cm³/mol. The molecule has 0 aliphatic carbocycles. The van der Waals surface area contributed by atoms with E-state index in [4.69, 9.17) is 14.2 Å². The normalized spacial score (nSPS) is 12.9. The number of methoxy groups -OCH3 is 1. The number of hydrogen-bond donors (Lipinski definition) is 0. The summed E-state index contributed by atoms with van der Waals surface area (Å²) in [6, 6.07) is 13.6. The number of hydrogen-bond acceptors (Lipinski definition) is 5. The molecule has 0 N–H and O–H groups in total. The van der Waals surface area contributed by atoms with Crippen molar-refractivity contribution in [1.82, 2.24) is 0 Å². The molecule has 1 heterocycles. The van der Waals surface area contributed by atoms with Crippen molar-refractivity contribution < 1.29 is 32.6 Å². The summed E-state index contributed by atoms with van der Waals surface area (Å²) in [5.74, 6) is -0.238. The summed E-state index contributed by atoms with van der Waals surface area (Å²) < 4.78 is 41.3. The van der Waals surface area contributed by atoms with Crippen molar-refractivity contribution in [2.45, 2.75) is 26.5 Å². The number of anilines is 1. The molecule has 0 atom stereocenters. The van der Waals surface area contributed by atoms with Gasteiger partial charge in [0.2, 0.25) is 0 Å². The van der Waals surface area contributed by atoms with Crippen LogP contribution in [0.2, 0.25) is 0 Å². The second kappa shape index (κ2) is 8.82. The highest BCUT2D eigenvalue weighted by Crippen LogP contribution is 2.42. The monoisotopic (exact) mass is 441 g/mol. The minimum absolute atomic E-state index is 0.0365. The smallest absolute Gasteiger partial charge is 0.387 e. The number of rotatable bonds is 7. The summed E-state index contributed by atoms with van der Waals surface area (Å²) >= 11 is 0. The quantitative estimate of drug-likeness (QED) is 0.497. The van der Waals surface area contributed by atoms with Crippen LogP contribution in [0.5, 0.6) is 11.5 Å². The third-order valence-electron chi connectivity index (χ3n) is 5.31. The van der Waals surface area contributed by atoms with Gasteiger partial charge in [0.05, 0.1) is 32.2 Å². The number of alkyl halides is 2. The van der Waals surface area contributed by atoms with Crippen LogP contribution in [0.15, 0.2) is 48.5 Å². The highest BCUT2D eigenvalue weighted by molar-refractivity contribution is 6.19. The molecule has 0 bridgehead atoms. The van der Waals surface area contributed by atoms with Gasteiger partial charge in [-0.1, -0.05) is 24.3 Å². The van der Waals surface area contributed by atoms with Crippen LogP contribution in [0, 0.1) is 0 Å². The van der Waals surface area contributed by atoms with Gasteiger partial charge in [0.25, 0.3) is 5.91 Å². The molecule has 0 saturated carbocycles. The first-order chi connectivity index (χ1) is 15.4. The second-order valence-corrected chi connectivity index (χ2v) is 7.20. The Kier molecular flexibility index (Phi) is 5.94. The lowest BCUT2D eigenvalue weighted by Gasteiger charge is -2.16. The zero-order chi connectivity index (χ0) is 22.8. The molecular formula is C24H21F2NO5. The molecule has 0 spiro atoms. The minimum atomic E-state index is -3.02. The molecule has 0 aromatic heterocycles. The summed E-state index contributed by atoms with van der Waals surface area (Å²) in [5.41, 5.74) is 1.98. The topological polar surface area (TPSA) is 65.1 Å². The zero-order valence-corrected chi connectivity index (χ0v) is 17.6. The minimum Gasteiger partial charge on any atom is -0.496 e. The molecular weight excluding hydrogens is 420 g/mol. The summed E-state index contributed by atoms with van der Waals surface area (Å²) in [5, 5.41) is 1.12. The third-order valence-corrected chi connectivity index (χ3v) is 5.31. The van der Waals surface area contributed by atoms with E-state index in [2.05, 4.69) is 0 Å². The number of nitrogens with zero attached hydrogens (tertiary/aromatic N) is 1. The van der Waals surface area contributed by atoms with Gasteiger partial charge in [-0.25, -0.2) is 0 Å². The van der Waals surface area contributed by atoms with Crippen molar-refractivity contribution in [3.05, 3.63) is 65.2 Å². The summed E-state index contributed by atoms with van der Waals surface area (Å²) in [6.07, 6.45) is 0.122. The largest absolute Gasteiger partial charge is 0.496 e. The van der Waals surface area contributed by atoms with Crippen LogP contribution in [-0.2, 0) is 22.5 Å². The van der Waals surface area contributed by atoms with Crippen LogP contribution in [0.1, 0.15) is 28.4 Å². The van der Waals surface area contributed by atoms with Gasteiger partial charge in [0.15, 0.2) is 0 Å². The number of benzene rings is 3. The van der Waals surface area contributed by atoms with E-state index in [0.29, 0.717) is 34.4 Å². The Morgan fingerprint density at radius 2 is 1.88 bits per heavy atom. The first-order valence-corrected chi connectivity index (χ1v) is 10.1. The SMILES string of the molecule is CCOC(=O)Cc1ccc(N2Cc3c(OC(F)F)cc4cccc(OC)c4c3C2=O)cc1. The molecule has 166 valence electrons. The van der Waals surface area contributed by atoms with Crippen molar-refractivity contribution in [2.24, 2.45) is 0 Å². The molecule has 3 aromatic carbocycles. The lowest BCUT2D eigenvalue weighted by Crippen LogP contribution is -2.23. The summed E-state index contributed by atoms with van der Waals surface area (Å²) in [6.45, 7) is -0.907.